The van der Waals surface area contributed by atoms with Gasteiger partial charge >= 0.3 is 0 Å². The van der Waals surface area contributed by atoms with Crippen molar-refractivity contribution in [3.8, 4) is 5.75 Å². The zero-order chi connectivity index (χ0) is 18.0. The van der Waals surface area contributed by atoms with E-state index in [0.717, 1.165) is 25.0 Å². The maximum absolute atomic E-state index is 13.2. The van der Waals surface area contributed by atoms with E-state index in [1.807, 2.05) is 0 Å². The molecule has 0 unspecified atom stereocenters. The summed E-state index contributed by atoms with van der Waals surface area (Å²) in [7, 11) is -3.71. The van der Waals surface area contributed by atoms with Gasteiger partial charge in [0.2, 0.25) is 10.0 Å². The van der Waals surface area contributed by atoms with Crippen molar-refractivity contribution in [2.75, 3.05) is 18.4 Å². The highest BCUT2D eigenvalue weighted by Gasteiger charge is 2.28. The van der Waals surface area contributed by atoms with Gasteiger partial charge in [0, 0.05) is 18.8 Å². The Bertz CT molecular complexity index is 909. The third-order valence-corrected chi connectivity index (χ3v) is 5.89. The summed E-state index contributed by atoms with van der Waals surface area (Å²) in [6.45, 7) is 0.877. The van der Waals surface area contributed by atoms with Crippen molar-refractivity contribution in [1.82, 2.24) is 4.31 Å². The number of nitrogens with zero attached hydrogens (tertiary/aromatic N) is 1. The molecular weight excluding hydrogens is 347 g/mol. The fourth-order valence-corrected chi connectivity index (χ4v) is 4.24. The molecule has 132 valence electrons. The Kier molecular flexibility index (Phi) is 4.73. The number of aromatic hydroxyl groups is 1. The Labute approximate surface area is 144 Å². The third-order valence-electron chi connectivity index (χ3n) is 4.00. The molecule has 2 aromatic carbocycles. The summed E-state index contributed by atoms with van der Waals surface area (Å²) >= 11 is 0. The number of hydrogen-bond donors (Lipinski definition) is 2. The molecule has 1 saturated heterocycles. The fourth-order valence-electron chi connectivity index (χ4n) is 2.70. The van der Waals surface area contributed by atoms with Gasteiger partial charge in [-0.25, -0.2) is 12.8 Å². The third kappa shape index (κ3) is 3.64. The number of halogens is 1. The summed E-state index contributed by atoms with van der Waals surface area (Å²) in [4.78, 5) is 12.3. The van der Waals surface area contributed by atoms with Gasteiger partial charge in [-0.2, -0.15) is 4.31 Å². The molecule has 1 aliphatic heterocycles. The average molecular weight is 364 g/mol. The fraction of sp³-hybridized carbons (Fsp3) is 0.235. The van der Waals surface area contributed by atoms with Crippen LogP contribution in [0, 0.1) is 5.82 Å². The van der Waals surface area contributed by atoms with Crippen molar-refractivity contribution in [3.05, 3.63) is 53.8 Å². The Hall–Kier alpha value is -2.45. The van der Waals surface area contributed by atoms with E-state index in [1.165, 1.54) is 34.6 Å². The number of sulfonamides is 1. The second kappa shape index (κ2) is 6.81. The second-order valence-corrected chi connectivity index (χ2v) is 7.69. The number of carbonyl (C=O) groups is 1. The first kappa shape index (κ1) is 17.4. The van der Waals surface area contributed by atoms with Crippen molar-refractivity contribution >= 4 is 21.6 Å². The van der Waals surface area contributed by atoms with Crippen LogP contribution in [0.5, 0.6) is 5.75 Å². The molecule has 8 heteroatoms. The normalized spacial score (nSPS) is 15.2. The lowest BCUT2D eigenvalue weighted by Crippen LogP contribution is -2.28. The van der Waals surface area contributed by atoms with Gasteiger partial charge < -0.3 is 10.4 Å². The predicted molar refractivity (Wildman–Crippen MR) is 90.5 cm³/mol. The lowest BCUT2D eigenvalue weighted by Gasteiger charge is -2.16. The van der Waals surface area contributed by atoms with Crippen LogP contribution in [0.25, 0.3) is 0 Å². The molecule has 1 fully saturated rings. The first-order valence-corrected chi connectivity index (χ1v) is 9.22. The molecule has 1 amide bonds. The van der Waals surface area contributed by atoms with Crippen LogP contribution in [-0.4, -0.2) is 36.8 Å². The molecule has 0 aromatic heterocycles. The van der Waals surface area contributed by atoms with Crippen molar-refractivity contribution in [2.24, 2.45) is 0 Å². The first-order chi connectivity index (χ1) is 11.9. The minimum Gasteiger partial charge on any atom is -0.507 e. The molecule has 6 nitrogen and oxygen atoms in total. The minimum atomic E-state index is -3.71. The van der Waals surface area contributed by atoms with Gasteiger partial charge in [0.15, 0.2) is 0 Å². The van der Waals surface area contributed by atoms with Crippen LogP contribution in [-0.2, 0) is 10.0 Å². The van der Waals surface area contributed by atoms with E-state index >= 15 is 0 Å². The van der Waals surface area contributed by atoms with Gasteiger partial charge in [-0.05, 0) is 49.2 Å². The van der Waals surface area contributed by atoms with E-state index < -0.39 is 21.7 Å². The van der Waals surface area contributed by atoms with Crippen molar-refractivity contribution in [3.63, 3.8) is 0 Å². The molecule has 2 aromatic rings. The molecule has 2 N–H and O–H groups in total. The van der Waals surface area contributed by atoms with Gasteiger partial charge in [0.25, 0.3) is 5.91 Å². The van der Waals surface area contributed by atoms with E-state index in [4.69, 9.17) is 0 Å². The van der Waals surface area contributed by atoms with Crippen LogP contribution in [0.4, 0.5) is 10.1 Å². The number of carbonyl (C=O) groups excluding carboxylic acids is 1. The van der Waals surface area contributed by atoms with E-state index in [0.29, 0.717) is 13.1 Å². The summed E-state index contributed by atoms with van der Waals surface area (Å²) in [5, 5.41) is 12.4. The quantitative estimate of drug-likeness (QED) is 0.873. The van der Waals surface area contributed by atoms with E-state index in [2.05, 4.69) is 5.32 Å². The Balaban J connectivity index is 1.90. The molecule has 1 heterocycles. The topological polar surface area (TPSA) is 86.7 Å². The molecular formula is C17H17FN2O4S. The summed E-state index contributed by atoms with van der Waals surface area (Å²) in [6, 6.07) is 8.85. The van der Waals surface area contributed by atoms with Crippen LogP contribution in [0.2, 0.25) is 0 Å². The Morgan fingerprint density at radius 3 is 2.52 bits per heavy atom. The smallest absolute Gasteiger partial charge is 0.259 e. The lowest BCUT2D eigenvalue weighted by molar-refractivity contribution is 0.102. The summed E-state index contributed by atoms with van der Waals surface area (Å²) in [5.41, 5.74) is 0.0155. The maximum atomic E-state index is 13.2. The van der Waals surface area contributed by atoms with Gasteiger partial charge in [-0.15, -0.1) is 0 Å². The van der Waals surface area contributed by atoms with Crippen LogP contribution in [0.1, 0.15) is 23.2 Å². The monoisotopic (exact) mass is 364 g/mol. The standard InChI is InChI=1S/C17H17FN2O4S/c18-12-4-3-5-13(10-12)19-17(22)15-11-14(6-7-16(15)21)25(23,24)20-8-1-2-9-20/h3-7,10-11,21H,1-2,8-9H2,(H,19,22). The van der Waals surface area contributed by atoms with Crippen molar-refractivity contribution < 1.29 is 22.7 Å². The van der Waals surface area contributed by atoms with Gasteiger partial charge in [-0.1, -0.05) is 6.07 Å². The summed E-state index contributed by atoms with van der Waals surface area (Å²) < 4.78 is 39.7. The minimum absolute atomic E-state index is 0.0587. The van der Waals surface area contributed by atoms with Gasteiger partial charge in [0.05, 0.1) is 10.5 Å². The molecule has 0 bridgehead atoms. The second-order valence-electron chi connectivity index (χ2n) is 5.75. The number of rotatable bonds is 4. The molecule has 1 aliphatic rings. The zero-order valence-corrected chi connectivity index (χ0v) is 14.1. The Morgan fingerprint density at radius 2 is 1.84 bits per heavy atom. The lowest BCUT2D eigenvalue weighted by atomic mass is 10.2. The number of nitrogens with one attached hydrogen (secondary N) is 1. The molecule has 0 saturated carbocycles. The maximum Gasteiger partial charge on any atom is 0.259 e. The summed E-state index contributed by atoms with van der Waals surface area (Å²) in [5.74, 6) is -1.59. The molecule has 0 spiro atoms. The predicted octanol–water partition coefficient (Wildman–Crippen LogP) is 2.57. The zero-order valence-electron chi connectivity index (χ0n) is 13.3. The molecule has 0 aliphatic carbocycles. The highest BCUT2D eigenvalue weighted by atomic mass is 32.2. The van der Waals surface area contributed by atoms with Crippen molar-refractivity contribution in [1.29, 1.82) is 0 Å². The highest BCUT2D eigenvalue weighted by molar-refractivity contribution is 7.89. The summed E-state index contributed by atoms with van der Waals surface area (Å²) in [6.07, 6.45) is 1.59. The molecule has 0 radical (unpaired) electrons. The number of hydrogen-bond acceptors (Lipinski definition) is 4. The SMILES string of the molecule is O=C(Nc1cccc(F)c1)c1cc(S(=O)(=O)N2CCCC2)ccc1O. The molecule has 0 atom stereocenters. The number of phenolic OH excluding ortho intramolecular Hbond substituents is 1. The van der Waals surface area contributed by atoms with E-state index in [1.54, 1.807) is 0 Å². The van der Waals surface area contributed by atoms with Crippen LogP contribution in [0.3, 0.4) is 0 Å². The van der Waals surface area contributed by atoms with Crippen LogP contribution >= 0.6 is 0 Å². The molecule has 3 rings (SSSR count). The van der Waals surface area contributed by atoms with Crippen LogP contribution in [0.15, 0.2) is 47.4 Å². The van der Waals surface area contributed by atoms with E-state index in [-0.39, 0.29) is 21.9 Å². The molecule has 25 heavy (non-hydrogen) atoms. The highest BCUT2D eigenvalue weighted by Crippen LogP contribution is 2.26. The van der Waals surface area contributed by atoms with Crippen molar-refractivity contribution in [2.45, 2.75) is 17.7 Å². The Morgan fingerprint density at radius 1 is 1.12 bits per heavy atom. The number of amides is 1. The number of benzene rings is 2. The number of phenols is 1. The van der Waals surface area contributed by atoms with E-state index in [9.17, 15) is 22.7 Å². The van der Waals surface area contributed by atoms with Gasteiger partial charge in [0.1, 0.15) is 11.6 Å². The largest absolute Gasteiger partial charge is 0.507 e. The average Bonchev–Trinajstić information content (AvgIpc) is 3.10. The van der Waals surface area contributed by atoms with Gasteiger partial charge in [-0.3, -0.25) is 4.79 Å². The van der Waals surface area contributed by atoms with Crippen LogP contribution < -0.4 is 5.32 Å². The number of anilines is 1. The first-order valence-electron chi connectivity index (χ1n) is 7.78.